The van der Waals surface area contributed by atoms with Gasteiger partial charge in [0.1, 0.15) is 11.5 Å². The Kier molecular flexibility index (Phi) is 13.4. The number of benzene rings is 2. The van der Waals surface area contributed by atoms with Gasteiger partial charge in [0.05, 0.1) is 40.5 Å². The zero-order chi connectivity index (χ0) is 53.7. The van der Waals surface area contributed by atoms with Gasteiger partial charge in [-0.05, 0) is 88.0 Å². The lowest BCUT2D eigenvalue weighted by molar-refractivity contribution is -0.230. The maximum absolute atomic E-state index is 14.3. The van der Waals surface area contributed by atoms with Crippen molar-refractivity contribution in [2.75, 3.05) is 118 Å². The van der Waals surface area contributed by atoms with Gasteiger partial charge in [0.2, 0.25) is 11.2 Å². The van der Waals surface area contributed by atoms with Crippen LogP contribution >= 0.6 is 0 Å². The number of fused-ring (bicyclic) bond motifs is 2. The van der Waals surface area contributed by atoms with Crippen molar-refractivity contribution in [1.82, 2.24) is 19.6 Å². The van der Waals surface area contributed by atoms with Crippen molar-refractivity contribution in [3.8, 4) is 11.5 Å². The highest BCUT2D eigenvalue weighted by molar-refractivity contribution is 5.88. The largest absolute Gasteiger partial charge is 0.497 e. The molecule has 76 heavy (non-hydrogen) atoms. The predicted octanol–water partition coefficient (Wildman–Crippen LogP) is 3.43. The molecule has 2 saturated carbocycles. The van der Waals surface area contributed by atoms with Crippen LogP contribution in [-0.2, 0) is 49.0 Å². The molecule has 2 spiro atoms. The number of carbonyl (C=O) groups excluding carboxylic acids is 4. The molecule has 18 nitrogen and oxygen atoms in total. The third kappa shape index (κ3) is 7.11. The Morgan fingerprint density at radius 2 is 0.974 bits per heavy atom. The molecular formula is C58H78N6O12. The molecular weight excluding hydrogens is 973 g/mol. The minimum atomic E-state index is -2.20. The van der Waals surface area contributed by atoms with E-state index < -0.39 is 81.0 Å². The zero-order valence-electron chi connectivity index (χ0n) is 45.6. The molecule has 0 aromatic heterocycles. The van der Waals surface area contributed by atoms with Crippen LogP contribution in [0.15, 0.2) is 60.7 Å². The van der Waals surface area contributed by atoms with Crippen LogP contribution in [0, 0.1) is 10.8 Å². The van der Waals surface area contributed by atoms with Gasteiger partial charge in [0, 0.05) is 123 Å². The first-order valence-corrected chi connectivity index (χ1v) is 27.7. The first-order valence-electron chi connectivity index (χ1n) is 27.7. The maximum Gasteiger partial charge on any atom is 0.344 e. The van der Waals surface area contributed by atoms with Crippen LogP contribution in [0.25, 0.3) is 0 Å². The summed E-state index contributed by atoms with van der Waals surface area (Å²) in [5.41, 5.74) is -3.62. The number of ether oxygens (including phenoxy) is 6. The van der Waals surface area contributed by atoms with Crippen molar-refractivity contribution in [1.29, 1.82) is 0 Å². The van der Waals surface area contributed by atoms with Gasteiger partial charge in [-0.3, -0.25) is 19.4 Å². The molecule has 2 N–H and O–H groups in total. The lowest BCUT2D eigenvalue weighted by Gasteiger charge is -2.63. The number of hydrogen-bond donors (Lipinski definition) is 2. The monoisotopic (exact) mass is 1050 g/mol. The van der Waals surface area contributed by atoms with Crippen LogP contribution in [0.3, 0.4) is 0 Å². The molecule has 12 atom stereocenters. The van der Waals surface area contributed by atoms with Crippen LogP contribution in [0.5, 0.6) is 11.5 Å². The maximum atomic E-state index is 14.3. The average molecular weight is 1050 g/mol. The van der Waals surface area contributed by atoms with E-state index in [4.69, 9.17) is 28.4 Å². The second-order valence-corrected chi connectivity index (χ2v) is 23.2. The van der Waals surface area contributed by atoms with Gasteiger partial charge < -0.3 is 58.2 Å². The normalized spacial score (nSPS) is 36.9. The number of piperazine rings is 1. The second-order valence-electron chi connectivity index (χ2n) is 23.2. The summed E-state index contributed by atoms with van der Waals surface area (Å²) < 4.78 is 35.2. The van der Waals surface area contributed by atoms with Crippen LogP contribution in [0.4, 0.5) is 11.4 Å². The van der Waals surface area contributed by atoms with E-state index in [1.807, 2.05) is 62.0 Å². The fourth-order valence-electron chi connectivity index (χ4n) is 17.5. The Balaban J connectivity index is 0.723. The number of aliphatic hydroxyl groups is 2. The molecule has 5 fully saturated rings. The smallest absolute Gasteiger partial charge is 0.344 e. The van der Waals surface area contributed by atoms with E-state index in [1.165, 1.54) is 14.2 Å². The Hall–Kier alpha value is -5.24. The van der Waals surface area contributed by atoms with E-state index >= 15 is 0 Å². The summed E-state index contributed by atoms with van der Waals surface area (Å²) in [4.78, 5) is 70.4. The number of nitrogens with zero attached hydrogens (tertiary/aromatic N) is 6. The summed E-state index contributed by atoms with van der Waals surface area (Å²) in [6.45, 7) is 11.5. The molecule has 0 amide bonds. The van der Waals surface area contributed by atoms with E-state index in [0.29, 0.717) is 63.1 Å². The Labute approximate surface area is 446 Å². The number of rotatable bonds is 16. The molecule has 0 bridgehead atoms. The molecule has 18 heteroatoms. The fraction of sp³-hybridized carbons (Fsp3) is 0.655. The number of carbonyl (C=O) groups is 4. The highest BCUT2D eigenvalue weighted by Gasteiger charge is 2.82. The highest BCUT2D eigenvalue weighted by atomic mass is 16.6. The summed E-state index contributed by atoms with van der Waals surface area (Å²) in [5, 5.41) is 26.4. The van der Waals surface area contributed by atoms with Crippen LogP contribution < -0.4 is 19.3 Å². The number of hydrogen-bond acceptors (Lipinski definition) is 18. The van der Waals surface area contributed by atoms with Gasteiger partial charge in [0.25, 0.3) is 0 Å². The van der Waals surface area contributed by atoms with E-state index in [2.05, 4.69) is 56.0 Å². The van der Waals surface area contributed by atoms with Crippen LogP contribution in [0.2, 0.25) is 0 Å². The number of likely N-dealkylation sites (N-methyl/N-ethyl adjacent to an activating group) is 2. The van der Waals surface area contributed by atoms with Gasteiger partial charge in [-0.1, -0.05) is 50.3 Å². The molecule has 7 heterocycles. The SMILES string of the molecule is CC[C@]12C=CCN3CC[C@@]4(c5ccc(OC)cc5N(C)[C@H]4[C@@](O)(C(=O)OC)[C@@H]1OC(=O)CCCN1CCN(CCCC(=O)O[C@@H]4[C@]5(CC)C=CCN6CC[C@@]7(c8ccc(OC)cc8N(C)[C@H]7[C@@]4(O)C(=O)OC)[C@@H]65)CC1)[C@@H]32. The summed E-state index contributed by atoms with van der Waals surface area (Å²) in [6, 6.07) is 10.1. The van der Waals surface area contributed by atoms with Crippen molar-refractivity contribution in [2.45, 2.75) is 124 Å². The van der Waals surface area contributed by atoms with E-state index in [1.54, 1.807) is 14.2 Å². The van der Waals surface area contributed by atoms with E-state index in [-0.39, 0.29) is 24.9 Å². The quantitative estimate of drug-likeness (QED) is 0.142. The second kappa shape index (κ2) is 19.3. The van der Waals surface area contributed by atoms with Gasteiger partial charge >= 0.3 is 23.9 Å². The van der Waals surface area contributed by atoms with Gasteiger partial charge in [-0.25, -0.2) is 9.59 Å². The summed E-state index contributed by atoms with van der Waals surface area (Å²) in [6.07, 6.45) is 9.70. The van der Waals surface area contributed by atoms with Gasteiger partial charge in [-0.2, -0.15) is 0 Å². The summed E-state index contributed by atoms with van der Waals surface area (Å²) in [5.74, 6) is -1.22. The third-order valence-electron chi connectivity index (χ3n) is 20.3. The van der Waals surface area contributed by atoms with Crippen LogP contribution in [-0.4, -0.2) is 209 Å². The van der Waals surface area contributed by atoms with Crippen molar-refractivity contribution >= 4 is 35.3 Å². The van der Waals surface area contributed by atoms with Crippen LogP contribution in [0.1, 0.15) is 76.3 Å². The van der Waals surface area contributed by atoms with E-state index in [9.17, 15) is 29.4 Å². The number of methoxy groups -OCH3 is 4. The molecule has 7 aliphatic heterocycles. The lowest BCUT2D eigenvalue weighted by Crippen LogP contribution is -2.81. The van der Waals surface area contributed by atoms with Crippen molar-refractivity contribution in [3.63, 3.8) is 0 Å². The average Bonchev–Trinajstić information content (AvgIpc) is 4.30. The number of esters is 4. The minimum Gasteiger partial charge on any atom is -0.497 e. The fourth-order valence-corrected chi connectivity index (χ4v) is 17.5. The minimum absolute atomic E-state index is 0.108. The zero-order valence-corrected chi connectivity index (χ0v) is 45.6. The Morgan fingerprint density at radius 1 is 0.579 bits per heavy atom. The van der Waals surface area contributed by atoms with Crippen molar-refractivity contribution in [3.05, 3.63) is 71.8 Å². The molecule has 412 valence electrons. The first-order chi connectivity index (χ1) is 36.5. The molecule has 9 aliphatic rings. The van der Waals surface area contributed by atoms with E-state index in [0.717, 1.165) is 74.9 Å². The van der Waals surface area contributed by atoms with Crippen molar-refractivity contribution in [2.24, 2.45) is 10.8 Å². The van der Waals surface area contributed by atoms with Crippen molar-refractivity contribution < 1.29 is 57.8 Å². The Morgan fingerprint density at radius 3 is 1.33 bits per heavy atom. The molecule has 2 aromatic rings. The molecule has 2 aliphatic carbocycles. The predicted molar refractivity (Wildman–Crippen MR) is 282 cm³/mol. The molecule has 2 aromatic carbocycles. The number of anilines is 2. The molecule has 11 rings (SSSR count). The highest BCUT2D eigenvalue weighted by Crippen LogP contribution is 2.69. The standard InChI is InChI=1S/C58H78N6O12/c1-9-53-21-13-27-63-29-23-55(45(53)63)39-19-17-37(71-5)35-41(39)59(3)47(55)57(69,51(67)73-7)49(53)75-43(65)15-11-25-61-31-33-62(34-32-61)26-12-16-44(66)76-50-54(10-2)22-14-28-64-30-24-56(46(54)64)40-20-18-38(72-6)36-42(40)60(4)48(56)58(50,70)52(68)74-8/h13-14,17-22,35-36,45-50,69-70H,9-12,15-16,23-34H2,1-8H3/t45-,46-,47+,48+,49+,50+,53+,54+,55+,56+,57-,58-/m0/s1. The topological polar surface area (TPSA) is 184 Å². The molecule has 3 saturated heterocycles. The first kappa shape index (κ1) is 52.8. The third-order valence-corrected chi connectivity index (χ3v) is 20.3. The molecule has 0 radical (unpaired) electrons. The lowest BCUT2D eigenvalue weighted by atomic mass is 9.47. The molecule has 0 unspecified atom stereocenters. The Bertz CT molecular complexity index is 2520. The summed E-state index contributed by atoms with van der Waals surface area (Å²) >= 11 is 0. The van der Waals surface area contributed by atoms with Gasteiger partial charge in [0.15, 0.2) is 12.2 Å². The summed E-state index contributed by atoms with van der Waals surface area (Å²) in [7, 11) is 9.61. The van der Waals surface area contributed by atoms with Gasteiger partial charge in [-0.15, -0.1) is 0 Å².